The van der Waals surface area contributed by atoms with E-state index in [0.29, 0.717) is 11.8 Å². The van der Waals surface area contributed by atoms with Crippen molar-refractivity contribution < 1.29 is 0 Å². The summed E-state index contributed by atoms with van der Waals surface area (Å²) in [6.07, 6.45) is 4.48. The second kappa shape index (κ2) is 6.96. The molecular weight excluding hydrogens is 380 g/mol. The van der Waals surface area contributed by atoms with Gasteiger partial charge in [0, 0.05) is 23.4 Å². The zero-order valence-electron chi connectivity index (χ0n) is 15.2. The van der Waals surface area contributed by atoms with Crippen LogP contribution < -0.4 is 5.32 Å². The van der Waals surface area contributed by atoms with Crippen LogP contribution in [0.2, 0.25) is 5.02 Å². The molecule has 0 amide bonds. The molecule has 8 heteroatoms. The third-order valence-corrected chi connectivity index (χ3v) is 6.82. The molecule has 5 rings (SSSR count). The Morgan fingerprint density at radius 3 is 2.70 bits per heavy atom. The number of hydrogen-bond acceptors (Lipinski definition) is 6. The third-order valence-electron chi connectivity index (χ3n) is 5.62. The van der Waals surface area contributed by atoms with Crippen molar-refractivity contribution in [3.05, 3.63) is 51.3 Å². The van der Waals surface area contributed by atoms with E-state index in [0.717, 1.165) is 67.0 Å². The number of aryl methyl sites for hydroxylation is 1. The first-order valence-corrected chi connectivity index (χ1v) is 10.6. The van der Waals surface area contributed by atoms with Gasteiger partial charge in [0.15, 0.2) is 5.82 Å². The average Bonchev–Trinajstić information content (AvgIpc) is 3.25. The van der Waals surface area contributed by atoms with Gasteiger partial charge in [-0.15, -0.1) is 10.2 Å². The number of hydrogen-bond donors (Lipinski definition) is 1. The normalized spacial score (nSPS) is 22.1. The van der Waals surface area contributed by atoms with E-state index < -0.39 is 0 Å². The monoisotopic (exact) mass is 400 g/mol. The quantitative estimate of drug-likeness (QED) is 0.700. The lowest BCUT2D eigenvalue weighted by Gasteiger charge is -2.27. The minimum Gasteiger partial charge on any atom is -0.306 e. The van der Waals surface area contributed by atoms with Gasteiger partial charge in [-0.1, -0.05) is 11.6 Å². The lowest BCUT2D eigenvalue weighted by Crippen LogP contribution is -2.16. The average molecular weight is 401 g/mol. The molecular formula is C19H21ClN6S. The highest BCUT2D eigenvalue weighted by atomic mass is 35.5. The van der Waals surface area contributed by atoms with Gasteiger partial charge in [-0.25, -0.2) is 4.98 Å². The lowest BCUT2D eigenvalue weighted by atomic mass is 9.82. The topological polar surface area (TPSA) is 68.5 Å². The van der Waals surface area contributed by atoms with Crippen LogP contribution in [0, 0.1) is 6.92 Å². The summed E-state index contributed by atoms with van der Waals surface area (Å²) in [7, 11) is 0. The molecule has 1 aliphatic heterocycles. The maximum absolute atomic E-state index is 6.22. The van der Waals surface area contributed by atoms with Crippen molar-refractivity contribution in [2.24, 2.45) is 0 Å². The number of halogens is 1. The zero-order valence-corrected chi connectivity index (χ0v) is 16.7. The second-order valence-corrected chi connectivity index (χ2v) is 8.63. The second-order valence-electron chi connectivity index (χ2n) is 7.41. The van der Waals surface area contributed by atoms with Crippen LogP contribution in [-0.4, -0.2) is 24.1 Å². The van der Waals surface area contributed by atoms with Gasteiger partial charge in [0.1, 0.15) is 16.7 Å². The van der Waals surface area contributed by atoms with E-state index in [1.54, 1.807) is 11.5 Å². The van der Waals surface area contributed by atoms with Crippen molar-refractivity contribution in [3.8, 4) is 5.69 Å². The maximum Gasteiger partial charge on any atom is 0.151 e. The van der Waals surface area contributed by atoms with Crippen molar-refractivity contribution in [1.82, 2.24) is 29.4 Å². The lowest BCUT2D eigenvalue weighted by molar-refractivity contribution is 0.381. The fourth-order valence-corrected chi connectivity index (χ4v) is 5.29. The van der Waals surface area contributed by atoms with E-state index in [1.165, 1.54) is 10.6 Å². The molecule has 27 heavy (non-hydrogen) atoms. The summed E-state index contributed by atoms with van der Waals surface area (Å²) in [5, 5.41) is 14.5. The van der Waals surface area contributed by atoms with Gasteiger partial charge >= 0.3 is 0 Å². The Bertz CT molecular complexity index is 972. The fraction of sp³-hybridized carbons (Fsp3) is 0.474. The highest BCUT2D eigenvalue weighted by Gasteiger charge is 2.30. The molecule has 3 aromatic rings. The van der Waals surface area contributed by atoms with Crippen LogP contribution in [-0.2, 0) is 13.1 Å². The van der Waals surface area contributed by atoms with Gasteiger partial charge in [0.25, 0.3) is 0 Å². The van der Waals surface area contributed by atoms with Crippen LogP contribution in [0.3, 0.4) is 0 Å². The van der Waals surface area contributed by atoms with E-state index in [-0.39, 0.29) is 0 Å². The number of aromatic nitrogens is 5. The molecule has 1 aromatic carbocycles. The Morgan fingerprint density at radius 1 is 1.11 bits per heavy atom. The first-order valence-electron chi connectivity index (χ1n) is 9.43. The number of nitrogens with zero attached hydrogens (tertiary/aromatic N) is 5. The van der Waals surface area contributed by atoms with Gasteiger partial charge in [0.2, 0.25) is 0 Å². The summed E-state index contributed by atoms with van der Waals surface area (Å²) in [5.41, 5.74) is 2.35. The summed E-state index contributed by atoms with van der Waals surface area (Å²) in [5.74, 6) is 3.92. The van der Waals surface area contributed by atoms with Crippen molar-refractivity contribution in [2.75, 3.05) is 0 Å². The van der Waals surface area contributed by atoms with Crippen molar-refractivity contribution in [1.29, 1.82) is 0 Å². The fourth-order valence-electron chi connectivity index (χ4n) is 4.27. The van der Waals surface area contributed by atoms with Gasteiger partial charge in [0.05, 0.1) is 12.2 Å². The standard InChI is InChI=1S/C19H21ClN6S/c1-11-22-19(27-25-11)13-4-2-12(3-5-13)18-24-23-17-10-21-9-14-8-15(20)6-7-16(14)26(17)18/h6-8,12-13,21H,2-5,9-10H2,1H3. The third kappa shape index (κ3) is 3.17. The van der Waals surface area contributed by atoms with Crippen molar-refractivity contribution >= 4 is 23.1 Å². The van der Waals surface area contributed by atoms with E-state index in [4.69, 9.17) is 11.6 Å². The van der Waals surface area contributed by atoms with Gasteiger partial charge in [-0.3, -0.25) is 4.57 Å². The smallest absolute Gasteiger partial charge is 0.151 e. The summed E-state index contributed by atoms with van der Waals surface area (Å²) >= 11 is 7.77. The Hall–Kier alpha value is -1.83. The molecule has 0 saturated heterocycles. The van der Waals surface area contributed by atoms with E-state index in [9.17, 15) is 0 Å². The largest absolute Gasteiger partial charge is 0.306 e. The maximum atomic E-state index is 6.22. The van der Waals surface area contributed by atoms with Gasteiger partial charge in [-0.05, 0) is 67.9 Å². The van der Waals surface area contributed by atoms with E-state index >= 15 is 0 Å². The molecule has 0 unspecified atom stereocenters. The summed E-state index contributed by atoms with van der Waals surface area (Å²) in [6.45, 7) is 3.48. The SMILES string of the molecule is Cc1nsc(C2CCC(c3nnc4n3-c3ccc(Cl)cc3CNC4)CC2)n1. The first-order chi connectivity index (χ1) is 13.2. The van der Waals surface area contributed by atoms with Crippen molar-refractivity contribution in [3.63, 3.8) is 0 Å². The molecule has 0 atom stereocenters. The van der Waals surface area contributed by atoms with E-state index in [1.807, 2.05) is 19.1 Å². The molecule has 0 spiro atoms. The van der Waals surface area contributed by atoms with Crippen LogP contribution in [0.1, 0.15) is 65.6 Å². The highest BCUT2D eigenvalue weighted by molar-refractivity contribution is 7.05. The van der Waals surface area contributed by atoms with E-state index in [2.05, 4.69) is 35.5 Å². The van der Waals surface area contributed by atoms with Crippen LogP contribution in [0.15, 0.2) is 18.2 Å². The number of benzene rings is 1. The molecule has 6 nitrogen and oxygen atoms in total. The Labute approximate surface area is 167 Å². The molecule has 1 aliphatic carbocycles. The molecule has 1 saturated carbocycles. The molecule has 1 fully saturated rings. The molecule has 0 bridgehead atoms. The van der Waals surface area contributed by atoms with Crippen molar-refractivity contribution in [2.45, 2.75) is 57.5 Å². The Morgan fingerprint density at radius 2 is 1.93 bits per heavy atom. The summed E-state index contributed by atoms with van der Waals surface area (Å²) in [6, 6.07) is 6.09. The number of rotatable bonds is 2. The van der Waals surface area contributed by atoms with Crippen LogP contribution in [0.25, 0.3) is 5.69 Å². The predicted molar refractivity (Wildman–Crippen MR) is 106 cm³/mol. The minimum absolute atomic E-state index is 0.429. The Kier molecular flexibility index (Phi) is 4.46. The number of nitrogens with one attached hydrogen (secondary N) is 1. The summed E-state index contributed by atoms with van der Waals surface area (Å²) in [4.78, 5) is 4.60. The number of fused-ring (bicyclic) bond motifs is 3. The molecule has 140 valence electrons. The van der Waals surface area contributed by atoms with Crippen LogP contribution in [0.5, 0.6) is 0 Å². The molecule has 0 radical (unpaired) electrons. The predicted octanol–water partition coefficient (Wildman–Crippen LogP) is 4.13. The molecule has 2 aromatic heterocycles. The minimum atomic E-state index is 0.429. The molecule has 1 N–H and O–H groups in total. The van der Waals surface area contributed by atoms with Gasteiger partial charge < -0.3 is 5.32 Å². The van der Waals surface area contributed by atoms with Crippen LogP contribution >= 0.6 is 23.1 Å². The van der Waals surface area contributed by atoms with Gasteiger partial charge in [-0.2, -0.15) is 4.37 Å². The zero-order chi connectivity index (χ0) is 18.4. The first kappa shape index (κ1) is 17.3. The Balaban J connectivity index is 1.43. The highest BCUT2D eigenvalue weighted by Crippen LogP contribution is 2.41. The molecule has 3 heterocycles. The van der Waals surface area contributed by atoms with Crippen LogP contribution in [0.4, 0.5) is 0 Å². The molecule has 2 aliphatic rings. The summed E-state index contributed by atoms with van der Waals surface area (Å²) < 4.78 is 6.60.